The van der Waals surface area contributed by atoms with E-state index in [-0.39, 0.29) is 12.5 Å². The van der Waals surface area contributed by atoms with Crippen LogP contribution in [0.25, 0.3) is 0 Å². The molecule has 1 rings (SSSR count). The van der Waals surface area contributed by atoms with E-state index in [1.165, 1.54) is 19.0 Å². The molecule has 0 unspecified atom stereocenters. The number of nitrogens with one attached hydrogen (secondary N) is 1. The summed E-state index contributed by atoms with van der Waals surface area (Å²) < 4.78 is 10.5. The molecular formula is C16H22N2O5. The average molecular weight is 322 g/mol. The van der Waals surface area contributed by atoms with Crippen LogP contribution in [0.5, 0.6) is 5.75 Å². The maximum atomic E-state index is 12.0. The third-order valence-corrected chi connectivity index (χ3v) is 3.08. The van der Waals surface area contributed by atoms with E-state index in [2.05, 4.69) is 5.32 Å². The van der Waals surface area contributed by atoms with Gasteiger partial charge in [0, 0.05) is 14.1 Å². The van der Waals surface area contributed by atoms with Crippen LogP contribution in [0.15, 0.2) is 30.3 Å². The average Bonchev–Trinajstić information content (AvgIpc) is 2.57. The SMILES string of the molecule is CC[C@H](Oc1ccccc1)C(=O)OCC(=O)N(C)CC(=O)NC. The molecule has 0 heterocycles. The van der Waals surface area contributed by atoms with Crippen LogP contribution in [0, 0.1) is 0 Å². The molecule has 7 heteroatoms. The molecule has 0 aliphatic heterocycles. The Morgan fingerprint density at radius 3 is 2.43 bits per heavy atom. The predicted molar refractivity (Wildman–Crippen MR) is 83.8 cm³/mol. The molecule has 2 amide bonds. The molecule has 1 N–H and O–H groups in total. The molecule has 0 saturated heterocycles. The normalized spacial score (nSPS) is 11.3. The second-order valence-electron chi connectivity index (χ2n) is 4.86. The van der Waals surface area contributed by atoms with E-state index in [9.17, 15) is 14.4 Å². The number of amides is 2. The molecule has 0 radical (unpaired) electrons. The van der Waals surface area contributed by atoms with Crippen LogP contribution in [0.1, 0.15) is 13.3 Å². The Hall–Kier alpha value is -2.57. The lowest BCUT2D eigenvalue weighted by molar-refractivity contribution is -0.158. The van der Waals surface area contributed by atoms with Gasteiger partial charge in [-0.15, -0.1) is 0 Å². The Morgan fingerprint density at radius 1 is 1.22 bits per heavy atom. The van der Waals surface area contributed by atoms with Crippen LogP contribution in [0.3, 0.4) is 0 Å². The first-order valence-electron chi connectivity index (χ1n) is 7.30. The minimum Gasteiger partial charge on any atom is -0.479 e. The zero-order valence-electron chi connectivity index (χ0n) is 13.6. The molecule has 0 spiro atoms. The number of benzene rings is 1. The Labute approximate surface area is 135 Å². The molecule has 1 aromatic rings. The first-order chi connectivity index (χ1) is 11.0. The van der Waals surface area contributed by atoms with Crippen molar-refractivity contribution in [3.63, 3.8) is 0 Å². The second-order valence-corrected chi connectivity index (χ2v) is 4.86. The Morgan fingerprint density at radius 2 is 1.87 bits per heavy atom. The van der Waals surface area contributed by atoms with Crippen molar-refractivity contribution in [3.05, 3.63) is 30.3 Å². The van der Waals surface area contributed by atoms with Crippen LogP contribution in [-0.4, -0.2) is 56.0 Å². The lowest BCUT2D eigenvalue weighted by atomic mass is 10.2. The highest BCUT2D eigenvalue weighted by molar-refractivity contribution is 5.86. The highest BCUT2D eigenvalue weighted by atomic mass is 16.6. The maximum Gasteiger partial charge on any atom is 0.347 e. The molecule has 1 aromatic carbocycles. The standard InChI is InChI=1S/C16H22N2O5/c1-4-13(23-12-8-6-5-7-9-12)16(21)22-11-15(20)18(3)10-14(19)17-2/h5-9,13H,4,10-11H2,1-3H3,(H,17,19)/t13-/m0/s1. The Bertz CT molecular complexity index is 533. The smallest absolute Gasteiger partial charge is 0.347 e. The van der Waals surface area contributed by atoms with Gasteiger partial charge in [-0.2, -0.15) is 0 Å². The topological polar surface area (TPSA) is 84.9 Å². The fourth-order valence-electron chi connectivity index (χ4n) is 1.68. The van der Waals surface area contributed by atoms with Crippen molar-refractivity contribution in [2.45, 2.75) is 19.4 Å². The number of carbonyl (C=O) groups excluding carboxylic acids is 3. The zero-order valence-corrected chi connectivity index (χ0v) is 13.6. The van der Waals surface area contributed by atoms with Gasteiger partial charge < -0.3 is 19.7 Å². The van der Waals surface area contributed by atoms with E-state index >= 15 is 0 Å². The van der Waals surface area contributed by atoms with Gasteiger partial charge in [0.15, 0.2) is 12.7 Å². The number of hydrogen-bond donors (Lipinski definition) is 1. The molecule has 0 fully saturated rings. The summed E-state index contributed by atoms with van der Waals surface area (Å²) >= 11 is 0. The lowest BCUT2D eigenvalue weighted by Crippen LogP contribution is -2.40. The van der Waals surface area contributed by atoms with E-state index < -0.39 is 24.6 Å². The summed E-state index contributed by atoms with van der Waals surface area (Å²) in [6.07, 6.45) is -0.370. The molecule has 126 valence electrons. The number of ether oxygens (including phenoxy) is 2. The van der Waals surface area contributed by atoms with Gasteiger partial charge in [-0.05, 0) is 18.6 Å². The van der Waals surface area contributed by atoms with Gasteiger partial charge in [0.2, 0.25) is 5.91 Å². The van der Waals surface area contributed by atoms with Gasteiger partial charge in [-0.25, -0.2) is 4.79 Å². The maximum absolute atomic E-state index is 12.0. The molecule has 23 heavy (non-hydrogen) atoms. The van der Waals surface area contributed by atoms with Gasteiger partial charge in [0.1, 0.15) is 5.75 Å². The summed E-state index contributed by atoms with van der Waals surface area (Å²) in [7, 11) is 2.94. The molecule has 0 saturated carbocycles. The lowest BCUT2D eigenvalue weighted by Gasteiger charge is -2.18. The largest absolute Gasteiger partial charge is 0.479 e. The number of esters is 1. The molecule has 7 nitrogen and oxygen atoms in total. The van der Waals surface area contributed by atoms with Gasteiger partial charge in [-0.3, -0.25) is 9.59 Å². The van der Waals surface area contributed by atoms with E-state index in [0.29, 0.717) is 12.2 Å². The number of carbonyl (C=O) groups is 3. The fraction of sp³-hybridized carbons (Fsp3) is 0.438. The van der Waals surface area contributed by atoms with Crippen LogP contribution < -0.4 is 10.1 Å². The van der Waals surface area contributed by atoms with Crippen LogP contribution in [0.4, 0.5) is 0 Å². The van der Waals surface area contributed by atoms with Crippen LogP contribution in [0.2, 0.25) is 0 Å². The monoisotopic (exact) mass is 322 g/mol. The van der Waals surface area contributed by atoms with Gasteiger partial charge in [-0.1, -0.05) is 25.1 Å². The highest BCUT2D eigenvalue weighted by Gasteiger charge is 2.22. The first kappa shape index (κ1) is 18.5. The summed E-state index contributed by atoms with van der Waals surface area (Å²) in [6, 6.07) is 8.90. The Kier molecular flexibility index (Phi) is 7.59. The second kappa shape index (κ2) is 9.45. The van der Waals surface area contributed by atoms with Crippen molar-refractivity contribution < 1.29 is 23.9 Å². The number of hydrogen-bond acceptors (Lipinski definition) is 5. The van der Waals surface area contributed by atoms with Crippen molar-refractivity contribution >= 4 is 17.8 Å². The molecule has 0 aliphatic carbocycles. The zero-order chi connectivity index (χ0) is 17.2. The summed E-state index contributed by atoms with van der Waals surface area (Å²) in [6.45, 7) is 1.26. The van der Waals surface area contributed by atoms with E-state index in [1.54, 1.807) is 31.2 Å². The molecule has 0 bridgehead atoms. The van der Waals surface area contributed by atoms with Crippen molar-refractivity contribution in [2.24, 2.45) is 0 Å². The van der Waals surface area contributed by atoms with Gasteiger partial charge in [0.05, 0.1) is 6.54 Å². The van der Waals surface area contributed by atoms with Crippen molar-refractivity contribution in [1.82, 2.24) is 10.2 Å². The van der Waals surface area contributed by atoms with Crippen LogP contribution >= 0.6 is 0 Å². The molecule has 0 aliphatic rings. The van der Waals surface area contributed by atoms with Crippen molar-refractivity contribution in [1.29, 1.82) is 0 Å². The summed E-state index contributed by atoms with van der Waals surface area (Å²) in [5.41, 5.74) is 0. The third-order valence-electron chi connectivity index (χ3n) is 3.08. The molecule has 0 aromatic heterocycles. The summed E-state index contributed by atoms with van der Waals surface area (Å²) in [4.78, 5) is 36.2. The van der Waals surface area contributed by atoms with E-state index in [4.69, 9.17) is 9.47 Å². The highest BCUT2D eigenvalue weighted by Crippen LogP contribution is 2.13. The van der Waals surface area contributed by atoms with E-state index in [0.717, 1.165) is 0 Å². The Balaban J connectivity index is 2.47. The molecular weight excluding hydrogens is 300 g/mol. The van der Waals surface area contributed by atoms with Crippen LogP contribution in [-0.2, 0) is 19.1 Å². The first-order valence-corrected chi connectivity index (χ1v) is 7.30. The fourth-order valence-corrected chi connectivity index (χ4v) is 1.68. The van der Waals surface area contributed by atoms with Crippen molar-refractivity contribution in [2.75, 3.05) is 27.2 Å². The minimum absolute atomic E-state index is 0.0927. The molecule has 1 atom stereocenters. The minimum atomic E-state index is -0.783. The number of rotatable bonds is 8. The predicted octanol–water partition coefficient (Wildman–Crippen LogP) is 0.592. The number of para-hydroxylation sites is 1. The quantitative estimate of drug-likeness (QED) is 0.708. The number of likely N-dealkylation sites (N-methyl/N-ethyl adjacent to an activating group) is 2. The van der Waals surface area contributed by atoms with Gasteiger partial charge >= 0.3 is 5.97 Å². The summed E-state index contributed by atoms with van der Waals surface area (Å²) in [5.74, 6) is -0.819. The number of nitrogens with zero attached hydrogens (tertiary/aromatic N) is 1. The third kappa shape index (κ3) is 6.37. The summed E-state index contributed by atoms with van der Waals surface area (Å²) in [5, 5.41) is 2.41. The van der Waals surface area contributed by atoms with Crippen molar-refractivity contribution in [3.8, 4) is 5.75 Å². The van der Waals surface area contributed by atoms with Gasteiger partial charge in [0.25, 0.3) is 5.91 Å². The van der Waals surface area contributed by atoms with E-state index in [1.807, 2.05) is 6.07 Å².